The van der Waals surface area contributed by atoms with Crippen LogP contribution in [0.25, 0.3) is 0 Å². The van der Waals surface area contributed by atoms with Gasteiger partial charge in [0.15, 0.2) is 37.9 Å². The van der Waals surface area contributed by atoms with Gasteiger partial charge in [-0.05, 0) is 12.8 Å². The Morgan fingerprint density at radius 1 is 0.485 bits per heavy atom. The maximum absolute atomic E-state index is 3.56. The number of rotatable bonds is 20. The highest BCUT2D eigenvalue weighted by Gasteiger charge is 2.05. The zero-order chi connectivity index (χ0) is 23.4. The first-order valence-corrected chi connectivity index (χ1v) is 13.8. The molecule has 0 aliphatic heterocycles. The Morgan fingerprint density at radius 2 is 0.848 bits per heavy atom. The first-order valence-electron chi connectivity index (χ1n) is 13.8. The summed E-state index contributed by atoms with van der Waals surface area (Å²) in [5.41, 5.74) is 2.47. The van der Waals surface area contributed by atoms with Crippen LogP contribution in [0.15, 0.2) is 49.1 Å². The van der Waals surface area contributed by atoms with E-state index in [9.17, 15) is 0 Å². The predicted octanol–water partition coefficient (Wildman–Crippen LogP) is 6.90. The fourth-order valence-electron chi connectivity index (χ4n) is 4.16. The third-order valence-corrected chi connectivity index (χ3v) is 6.33. The molecule has 0 unspecified atom stereocenters. The van der Waals surface area contributed by atoms with Gasteiger partial charge in [-0.15, -0.1) is 0 Å². The van der Waals surface area contributed by atoms with Crippen molar-refractivity contribution in [2.75, 3.05) is 23.7 Å². The summed E-state index contributed by atoms with van der Waals surface area (Å²) in [7, 11) is 0. The second-order valence-electron chi connectivity index (χ2n) is 9.39. The molecule has 2 N–H and O–H groups in total. The Kier molecular flexibility index (Phi) is 15.1. The van der Waals surface area contributed by atoms with Crippen LogP contribution in [-0.2, 0) is 13.1 Å². The van der Waals surface area contributed by atoms with Gasteiger partial charge in [-0.2, -0.15) is 0 Å². The van der Waals surface area contributed by atoms with Crippen molar-refractivity contribution >= 4 is 11.4 Å². The molecule has 4 heteroatoms. The molecular formula is C29H50N4+2. The second kappa shape index (κ2) is 18.3. The zero-order valence-electron chi connectivity index (χ0n) is 21.5. The normalized spacial score (nSPS) is 11.0. The van der Waals surface area contributed by atoms with E-state index in [1.807, 2.05) is 0 Å². The van der Waals surface area contributed by atoms with Gasteiger partial charge in [0.2, 0.25) is 0 Å². The topological polar surface area (TPSA) is 31.8 Å². The highest BCUT2D eigenvalue weighted by molar-refractivity contribution is 5.40. The molecule has 33 heavy (non-hydrogen) atoms. The maximum atomic E-state index is 3.56. The summed E-state index contributed by atoms with van der Waals surface area (Å²) < 4.78 is 4.57. The minimum atomic E-state index is 1.04. The molecule has 0 amide bonds. The molecule has 0 spiro atoms. The number of nitrogens with zero attached hydrogens (tertiary/aromatic N) is 2. The quantitative estimate of drug-likeness (QED) is 0.168. The largest absolute Gasteiger partial charge is 0.385 e. The molecule has 2 aromatic heterocycles. The third-order valence-electron chi connectivity index (χ3n) is 6.33. The molecular weight excluding hydrogens is 404 g/mol. The molecule has 0 atom stereocenters. The predicted molar refractivity (Wildman–Crippen MR) is 142 cm³/mol. The summed E-state index contributed by atoms with van der Waals surface area (Å²) in [5, 5.41) is 7.11. The zero-order valence-corrected chi connectivity index (χ0v) is 21.5. The lowest BCUT2D eigenvalue weighted by Gasteiger charge is -2.06. The van der Waals surface area contributed by atoms with Gasteiger partial charge in [0, 0.05) is 48.7 Å². The van der Waals surface area contributed by atoms with Crippen molar-refractivity contribution in [3.63, 3.8) is 0 Å². The number of pyridine rings is 2. The van der Waals surface area contributed by atoms with Crippen molar-refractivity contribution in [3.8, 4) is 0 Å². The van der Waals surface area contributed by atoms with Crippen LogP contribution in [0.1, 0.15) is 97.3 Å². The Labute approximate surface area is 203 Å². The van der Waals surface area contributed by atoms with E-state index in [0.29, 0.717) is 0 Å². The summed E-state index contributed by atoms with van der Waals surface area (Å²) in [6, 6.07) is 8.81. The molecule has 0 aliphatic carbocycles. The number of hydrogen-bond acceptors (Lipinski definition) is 2. The van der Waals surface area contributed by atoms with Crippen LogP contribution in [0, 0.1) is 0 Å². The maximum Gasteiger partial charge on any atom is 0.170 e. The van der Waals surface area contributed by atoms with Gasteiger partial charge < -0.3 is 10.6 Å². The SMILES string of the molecule is CCCCCCCCNc1cc[n+](CCC[n+]2ccc(NCCCCCCCC)cc2)cc1. The smallest absolute Gasteiger partial charge is 0.170 e. The standard InChI is InChI=1S/C29H48N4/c1-3-5-7-9-11-13-20-30-28-16-24-32(25-17-28)22-15-23-33-26-18-29(19-27-33)31-21-14-12-10-8-6-4-2/h16-19,24-27H,3-15,20-23H2,1-2H3/p+2. The molecule has 0 bridgehead atoms. The Morgan fingerprint density at radius 3 is 1.24 bits per heavy atom. The van der Waals surface area contributed by atoms with E-state index in [2.05, 4.69) is 82.7 Å². The van der Waals surface area contributed by atoms with E-state index < -0.39 is 0 Å². The van der Waals surface area contributed by atoms with Gasteiger partial charge in [-0.25, -0.2) is 9.13 Å². The first-order chi connectivity index (χ1) is 16.3. The summed E-state index contributed by atoms with van der Waals surface area (Å²) in [6.45, 7) is 8.79. The molecule has 0 fully saturated rings. The van der Waals surface area contributed by atoms with Gasteiger partial charge in [0.1, 0.15) is 0 Å². The molecule has 2 heterocycles. The van der Waals surface area contributed by atoms with Crippen molar-refractivity contribution < 1.29 is 9.13 Å². The van der Waals surface area contributed by atoms with Crippen molar-refractivity contribution in [1.82, 2.24) is 0 Å². The Bertz CT molecular complexity index is 635. The van der Waals surface area contributed by atoms with Gasteiger partial charge in [-0.1, -0.05) is 78.1 Å². The van der Waals surface area contributed by atoms with Crippen LogP contribution in [-0.4, -0.2) is 13.1 Å². The average molecular weight is 455 g/mol. The summed E-state index contributed by atoms with van der Waals surface area (Å²) >= 11 is 0. The van der Waals surface area contributed by atoms with Gasteiger partial charge in [0.05, 0.1) is 6.42 Å². The molecule has 4 nitrogen and oxygen atoms in total. The number of anilines is 2. The van der Waals surface area contributed by atoms with Crippen molar-refractivity contribution in [1.29, 1.82) is 0 Å². The van der Waals surface area contributed by atoms with E-state index >= 15 is 0 Å². The van der Waals surface area contributed by atoms with Gasteiger partial charge in [-0.3, -0.25) is 0 Å². The number of aryl methyl sites for hydroxylation is 2. The van der Waals surface area contributed by atoms with E-state index in [1.165, 1.54) is 88.4 Å². The van der Waals surface area contributed by atoms with Gasteiger partial charge in [0.25, 0.3) is 0 Å². The Hall–Kier alpha value is -2.10. The highest BCUT2D eigenvalue weighted by atomic mass is 15.0. The fraction of sp³-hybridized carbons (Fsp3) is 0.655. The van der Waals surface area contributed by atoms with E-state index in [1.54, 1.807) is 0 Å². The molecule has 0 saturated heterocycles. The third kappa shape index (κ3) is 13.3. The number of aromatic nitrogens is 2. The Balaban J connectivity index is 1.54. The minimum Gasteiger partial charge on any atom is -0.385 e. The molecule has 0 aromatic carbocycles. The lowest BCUT2D eigenvalue weighted by molar-refractivity contribution is -0.726. The molecule has 0 saturated carbocycles. The highest BCUT2D eigenvalue weighted by Crippen LogP contribution is 2.08. The van der Waals surface area contributed by atoms with E-state index in [-0.39, 0.29) is 0 Å². The summed E-state index contributed by atoms with van der Waals surface area (Å²) in [6.07, 6.45) is 26.1. The van der Waals surface area contributed by atoms with Crippen molar-refractivity contribution in [2.24, 2.45) is 0 Å². The second-order valence-corrected chi connectivity index (χ2v) is 9.39. The minimum absolute atomic E-state index is 1.04. The molecule has 0 aliphatic rings. The van der Waals surface area contributed by atoms with Crippen LogP contribution >= 0.6 is 0 Å². The average Bonchev–Trinajstić information content (AvgIpc) is 2.85. The molecule has 0 radical (unpaired) electrons. The first kappa shape index (κ1) is 27.1. The van der Waals surface area contributed by atoms with Crippen LogP contribution in [0.4, 0.5) is 11.4 Å². The summed E-state index contributed by atoms with van der Waals surface area (Å²) in [4.78, 5) is 0. The number of unbranched alkanes of at least 4 members (excludes halogenated alkanes) is 10. The molecule has 2 rings (SSSR count). The number of nitrogens with one attached hydrogen (secondary N) is 2. The lowest BCUT2D eigenvalue weighted by Crippen LogP contribution is -2.38. The molecule has 184 valence electrons. The number of hydrogen-bond donors (Lipinski definition) is 2. The fourth-order valence-corrected chi connectivity index (χ4v) is 4.16. The van der Waals surface area contributed by atoms with Crippen LogP contribution < -0.4 is 19.8 Å². The van der Waals surface area contributed by atoms with Crippen LogP contribution in [0.3, 0.4) is 0 Å². The lowest BCUT2D eigenvalue weighted by atomic mass is 10.1. The monoisotopic (exact) mass is 454 g/mol. The summed E-state index contributed by atoms with van der Waals surface area (Å²) in [5.74, 6) is 0. The van der Waals surface area contributed by atoms with Crippen molar-refractivity contribution in [3.05, 3.63) is 49.1 Å². The van der Waals surface area contributed by atoms with Gasteiger partial charge >= 0.3 is 0 Å². The van der Waals surface area contributed by atoms with E-state index in [0.717, 1.165) is 32.6 Å². The van der Waals surface area contributed by atoms with E-state index in [4.69, 9.17) is 0 Å². The van der Waals surface area contributed by atoms with Crippen LogP contribution in [0.2, 0.25) is 0 Å². The molecule has 2 aromatic rings. The van der Waals surface area contributed by atoms with Crippen molar-refractivity contribution in [2.45, 2.75) is 110 Å². The van der Waals surface area contributed by atoms with Crippen LogP contribution in [0.5, 0.6) is 0 Å².